The van der Waals surface area contributed by atoms with Crippen LogP contribution in [0.4, 0.5) is 5.82 Å². The van der Waals surface area contributed by atoms with Crippen LogP contribution in [0.3, 0.4) is 0 Å². The van der Waals surface area contributed by atoms with Crippen molar-refractivity contribution in [3.63, 3.8) is 0 Å². The minimum atomic E-state index is 0.720. The van der Waals surface area contributed by atoms with Crippen LogP contribution in [0, 0.1) is 5.92 Å². The average molecular weight is 250 g/mol. The first kappa shape index (κ1) is 14.9. The van der Waals surface area contributed by atoms with Gasteiger partial charge >= 0.3 is 0 Å². The molecule has 0 unspecified atom stereocenters. The van der Waals surface area contributed by atoms with Crippen molar-refractivity contribution in [3.05, 3.63) is 18.1 Å². The number of hydrogen-bond donors (Lipinski definition) is 1. The Balaban J connectivity index is 2.43. The first-order valence-corrected chi connectivity index (χ1v) is 6.86. The zero-order chi connectivity index (χ0) is 13.4. The van der Waals surface area contributed by atoms with Gasteiger partial charge in [0.1, 0.15) is 5.82 Å². The van der Waals surface area contributed by atoms with E-state index in [2.05, 4.69) is 48.0 Å². The Kier molecular flexibility index (Phi) is 6.65. The van der Waals surface area contributed by atoms with Crippen molar-refractivity contribution < 1.29 is 0 Å². The van der Waals surface area contributed by atoms with Gasteiger partial charge in [-0.2, -0.15) is 0 Å². The lowest BCUT2D eigenvalue weighted by Gasteiger charge is -2.18. The monoisotopic (exact) mass is 250 g/mol. The molecule has 0 bridgehead atoms. The van der Waals surface area contributed by atoms with E-state index in [0.717, 1.165) is 43.5 Å². The van der Waals surface area contributed by atoms with Crippen LogP contribution < -0.4 is 10.2 Å². The molecule has 0 aliphatic heterocycles. The molecule has 0 atom stereocenters. The lowest BCUT2D eigenvalue weighted by Crippen LogP contribution is -2.21. The van der Waals surface area contributed by atoms with E-state index >= 15 is 0 Å². The molecule has 4 nitrogen and oxygen atoms in total. The number of nitrogens with one attached hydrogen (secondary N) is 1. The summed E-state index contributed by atoms with van der Waals surface area (Å²) in [5.74, 6) is 1.67. The molecule has 1 aromatic rings. The van der Waals surface area contributed by atoms with E-state index in [-0.39, 0.29) is 0 Å². The molecule has 0 spiro atoms. The van der Waals surface area contributed by atoms with Gasteiger partial charge in [-0.3, -0.25) is 4.98 Å². The maximum absolute atomic E-state index is 4.46. The first-order valence-electron chi connectivity index (χ1n) is 6.86. The Hall–Kier alpha value is -1.16. The van der Waals surface area contributed by atoms with Crippen LogP contribution in [-0.2, 0) is 6.54 Å². The molecule has 1 N–H and O–H groups in total. The maximum atomic E-state index is 4.46. The molecule has 0 aromatic carbocycles. The molecular formula is C14H26N4. The Morgan fingerprint density at radius 1 is 1.28 bits per heavy atom. The van der Waals surface area contributed by atoms with Crippen molar-refractivity contribution in [2.45, 2.75) is 40.2 Å². The van der Waals surface area contributed by atoms with Crippen LogP contribution in [0.1, 0.15) is 39.3 Å². The van der Waals surface area contributed by atoms with Crippen molar-refractivity contribution in [2.75, 3.05) is 25.0 Å². The van der Waals surface area contributed by atoms with Gasteiger partial charge < -0.3 is 10.2 Å². The van der Waals surface area contributed by atoms with Gasteiger partial charge in [0.05, 0.1) is 18.1 Å². The van der Waals surface area contributed by atoms with Crippen LogP contribution >= 0.6 is 0 Å². The fraction of sp³-hybridized carbons (Fsp3) is 0.714. The van der Waals surface area contributed by atoms with Crippen molar-refractivity contribution in [1.82, 2.24) is 15.3 Å². The van der Waals surface area contributed by atoms with Crippen molar-refractivity contribution in [2.24, 2.45) is 5.92 Å². The average Bonchev–Trinajstić information content (AvgIpc) is 2.37. The summed E-state index contributed by atoms with van der Waals surface area (Å²) < 4.78 is 0. The van der Waals surface area contributed by atoms with Crippen LogP contribution in [0.2, 0.25) is 0 Å². The fourth-order valence-electron chi connectivity index (χ4n) is 1.60. The summed E-state index contributed by atoms with van der Waals surface area (Å²) in [6.45, 7) is 9.49. The minimum Gasteiger partial charge on any atom is -0.358 e. The molecule has 4 heteroatoms. The fourth-order valence-corrected chi connectivity index (χ4v) is 1.60. The number of nitrogens with zero attached hydrogens (tertiary/aromatic N) is 3. The summed E-state index contributed by atoms with van der Waals surface area (Å²) in [6, 6.07) is 0. The lowest BCUT2D eigenvalue weighted by molar-refractivity contribution is 0.583. The Labute approximate surface area is 111 Å². The van der Waals surface area contributed by atoms with Gasteiger partial charge in [0, 0.05) is 20.1 Å². The highest BCUT2D eigenvalue weighted by Gasteiger charge is 2.04. The predicted octanol–water partition coefficient (Wildman–Crippen LogP) is 2.46. The molecule has 102 valence electrons. The summed E-state index contributed by atoms with van der Waals surface area (Å²) in [5.41, 5.74) is 1.00. The Morgan fingerprint density at radius 2 is 2.06 bits per heavy atom. The number of hydrogen-bond acceptors (Lipinski definition) is 4. The summed E-state index contributed by atoms with van der Waals surface area (Å²) >= 11 is 0. The van der Waals surface area contributed by atoms with Gasteiger partial charge in [-0.25, -0.2) is 4.98 Å². The van der Waals surface area contributed by atoms with Crippen LogP contribution in [0.15, 0.2) is 12.4 Å². The Bertz CT molecular complexity index is 321. The molecule has 0 fully saturated rings. The van der Waals surface area contributed by atoms with Crippen LogP contribution in [0.5, 0.6) is 0 Å². The first-order chi connectivity index (χ1) is 8.63. The summed E-state index contributed by atoms with van der Waals surface area (Å²) in [7, 11) is 2.07. The number of rotatable bonds is 8. The second kappa shape index (κ2) is 8.03. The molecule has 0 radical (unpaired) electrons. The third-order valence-corrected chi connectivity index (χ3v) is 2.86. The lowest BCUT2D eigenvalue weighted by atomic mass is 10.1. The van der Waals surface area contributed by atoms with Gasteiger partial charge in [-0.15, -0.1) is 0 Å². The molecule has 1 heterocycles. The molecular weight excluding hydrogens is 224 g/mol. The quantitative estimate of drug-likeness (QED) is 0.720. The van der Waals surface area contributed by atoms with E-state index in [1.165, 1.54) is 6.42 Å². The normalized spacial score (nSPS) is 10.9. The Morgan fingerprint density at radius 3 is 2.61 bits per heavy atom. The highest BCUT2D eigenvalue weighted by molar-refractivity contribution is 5.34. The maximum Gasteiger partial charge on any atom is 0.146 e. The van der Waals surface area contributed by atoms with Crippen molar-refractivity contribution in [3.8, 4) is 0 Å². The van der Waals surface area contributed by atoms with E-state index in [1.54, 1.807) is 0 Å². The third kappa shape index (κ3) is 5.45. The molecule has 0 aliphatic carbocycles. The van der Waals surface area contributed by atoms with Crippen LogP contribution in [-0.4, -0.2) is 30.1 Å². The smallest absolute Gasteiger partial charge is 0.146 e. The minimum absolute atomic E-state index is 0.720. The second-order valence-electron chi connectivity index (χ2n) is 5.15. The van der Waals surface area contributed by atoms with E-state index < -0.39 is 0 Å². The van der Waals surface area contributed by atoms with Crippen molar-refractivity contribution in [1.29, 1.82) is 0 Å². The van der Waals surface area contributed by atoms with E-state index in [1.807, 2.05) is 12.4 Å². The standard InChI is InChI=1S/C14H26N4/c1-5-7-15-9-13-10-17-14(11-16-13)18(4)8-6-12(2)3/h10-12,15H,5-9H2,1-4H3. The van der Waals surface area contributed by atoms with Gasteiger partial charge in [-0.05, 0) is 25.3 Å². The molecule has 0 aliphatic rings. The third-order valence-electron chi connectivity index (χ3n) is 2.86. The molecule has 0 saturated heterocycles. The highest BCUT2D eigenvalue weighted by atomic mass is 15.2. The predicted molar refractivity (Wildman–Crippen MR) is 76.8 cm³/mol. The van der Waals surface area contributed by atoms with E-state index in [0.29, 0.717) is 0 Å². The van der Waals surface area contributed by atoms with Gasteiger partial charge in [0.15, 0.2) is 0 Å². The van der Waals surface area contributed by atoms with Crippen molar-refractivity contribution >= 4 is 5.82 Å². The summed E-state index contributed by atoms with van der Waals surface area (Å²) in [4.78, 5) is 11.1. The number of anilines is 1. The van der Waals surface area contributed by atoms with E-state index in [4.69, 9.17) is 0 Å². The summed E-state index contributed by atoms with van der Waals surface area (Å²) in [5, 5.41) is 3.32. The zero-order valence-electron chi connectivity index (χ0n) is 12.1. The largest absolute Gasteiger partial charge is 0.358 e. The summed E-state index contributed by atoms with van der Waals surface area (Å²) in [6.07, 6.45) is 6.05. The molecule has 0 amide bonds. The topological polar surface area (TPSA) is 41.1 Å². The second-order valence-corrected chi connectivity index (χ2v) is 5.15. The van der Waals surface area contributed by atoms with Gasteiger partial charge in [-0.1, -0.05) is 20.8 Å². The zero-order valence-corrected chi connectivity index (χ0v) is 12.1. The molecule has 18 heavy (non-hydrogen) atoms. The van der Waals surface area contributed by atoms with Crippen LogP contribution in [0.25, 0.3) is 0 Å². The SMILES string of the molecule is CCCNCc1cnc(N(C)CCC(C)C)cn1. The highest BCUT2D eigenvalue weighted by Crippen LogP contribution is 2.09. The number of aromatic nitrogens is 2. The molecule has 1 aromatic heterocycles. The van der Waals surface area contributed by atoms with Gasteiger partial charge in [0.25, 0.3) is 0 Å². The van der Waals surface area contributed by atoms with Gasteiger partial charge in [0.2, 0.25) is 0 Å². The van der Waals surface area contributed by atoms with E-state index in [9.17, 15) is 0 Å². The molecule has 0 saturated carbocycles. The molecule has 1 rings (SSSR count).